The highest BCUT2D eigenvalue weighted by Gasteiger charge is 2.12. The van der Waals surface area contributed by atoms with Crippen LogP contribution < -0.4 is 10.5 Å². The van der Waals surface area contributed by atoms with Crippen molar-refractivity contribution < 1.29 is 19.3 Å². The predicted molar refractivity (Wildman–Crippen MR) is 88.3 cm³/mol. The van der Waals surface area contributed by atoms with E-state index in [2.05, 4.69) is 10.3 Å². The van der Waals surface area contributed by atoms with Crippen LogP contribution in [-0.4, -0.2) is 33.6 Å². The van der Waals surface area contributed by atoms with Crippen LogP contribution in [0.15, 0.2) is 35.7 Å². The number of benzene rings is 1. The predicted octanol–water partition coefficient (Wildman–Crippen LogP) is 1.71. The monoisotopic (exact) mass is 367 g/mol. The fourth-order valence-corrected chi connectivity index (χ4v) is 2.02. The van der Waals surface area contributed by atoms with Gasteiger partial charge in [0.15, 0.2) is 5.84 Å². The standard InChI is InChI=1S/C14H14ClN5O5/c1-24-12-3-2-9(15)6-11(12)14(16)18-25-13(21)4-5-19-8-10(7-17-19)20(22)23/h2-3,6-8H,4-5H2,1H3,(H2,16,18). The first-order valence-corrected chi connectivity index (χ1v) is 7.32. The molecule has 0 aliphatic heterocycles. The number of amidine groups is 1. The molecule has 0 spiro atoms. The van der Waals surface area contributed by atoms with Gasteiger partial charge in [-0.15, -0.1) is 0 Å². The minimum Gasteiger partial charge on any atom is -0.496 e. The number of hydrogen-bond donors (Lipinski definition) is 1. The Hall–Kier alpha value is -3.14. The van der Waals surface area contributed by atoms with Crippen LogP contribution in [0.1, 0.15) is 12.0 Å². The molecule has 10 nitrogen and oxygen atoms in total. The molecule has 0 saturated heterocycles. The van der Waals surface area contributed by atoms with Gasteiger partial charge in [0, 0.05) is 5.02 Å². The maximum absolute atomic E-state index is 11.7. The zero-order chi connectivity index (χ0) is 18.4. The molecule has 11 heteroatoms. The van der Waals surface area contributed by atoms with Crippen molar-refractivity contribution in [2.45, 2.75) is 13.0 Å². The molecule has 2 aromatic rings. The molecule has 0 radical (unpaired) electrons. The van der Waals surface area contributed by atoms with Crippen molar-refractivity contribution >= 4 is 29.1 Å². The molecule has 2 N–H and O–H groups in total. The van der Waals surface area contributed by atoms with Gasteiger partial charge in [0.05, 0.1) is 30.6 Å². The summed E-state index contributed by atoms with van der Waals surface area (Å²) in [5.74, 6) is -0.338. The number of aryl methyl sites for hydroxylation is 1. The third-order valence-corrected chi connectivity index (χ3v) is 3.29. The number of oxime groups is 1. The highest BCUT2D eigenvalue weighted by molar-refractivity contribution is 6.31. The molecule has 25 heavy (non-hydrogen) atoms. The third-order valence-electron chi connectivity index (χ3n) is 3.06. The van der Waals surface area contributed by atoms with Crippen molar-refractivity contribution in [3.63, 3.8) is 0 Å². The lowest BCUT2D eigenvalue weighted by molar-refractivity contribution is -0.385. The van der Waals surface area contributed by atoms with Gasteiger partial charge in [-0.05, 0) is 18.2 Å². The summed E-state index contributed by atoms with van der Waals surface area (Å²) in [6, 6.07) is 4.74. The second-order valence-electron chi connectivity index (χ2n) is 4.75. The maximum Gasteiger partial charge on any atom is 0.336 e. The van der Waals surface area contributed by atoms with Gasteiger partial charge in [-0.25, -0.2) is 4.79 Å². The van der Waals surface area contributed by atoms with E-state index in [-0.39, 0.29) is 24.5 Å². The Labute approximate surface area is 146 Å². The lowest BCUT2D eigenvalue weighted by atomic mass is 10.2. The second kappa shape index (κ2) is 8.11. The molecule has 0 atom stereocenters. The lowest BCUT2D eigenvalue weighted by Gasteiger charge is -2.07. The minimum atomic E-state index is -0.679. The van der Waals surface area contributed by atoms with E-state index in [9.17, 15) is 14.9 Å². The Morgan fingerprint density at radius 1 is 1.52 bits per heavy atom. The van der Waals surface area contributed by atoms with Crippen molar-refractivity contribution in [2.75, 3.05) is 7.11 Å². The van der Waals surface area contributed by atoms with E-state index in [0.29, 0.717) is 16.3 Å². The van der Waals surface area contributed by atoms with Crippen LogP contribution in [0.5, 0.6) is 5.75 Å². The molecule has 2 rings (SSSR count). The van der Waals surface area contributed by atoms with Gasteiger partial charge in [0.1, 0.15) is 18.1 Å². The molecule has 0 bridgehead atoms. The molecule has 1 aromatic carbocycles. The van der Waals surface area contributed by atoms with Gasteiger partial charge in [-0.1, -0.05) is 16.8 Å². The zero-order valence-electron chi connectivity index (χ0n) is 13.1. The van der Waals surface area contributed by atoms with Crippen molar-refractivity contribution in [3.05, 3.63) is 51.3 Å². The summed E-state index contributed by atoms with van der Waals surface area (Å²) >= 11 is 5.89. The number of halogens is 1. The smallest absolute Gasteiger partial charge is 0.336 e. The molecule has 0 amide bonds. The molecule has 1 heterocycles. The van der Waals surface area contributed by atoms with Gasteiger partial charge in [0.25, 0.3) is 0 Å². The Kier molecular flexibility index (Phi) is 5.90. The topological polar surface area (TPSA) is 135 Å². The summed E-state index contributed by atoms with van der Waals surface area (Å²) in [6.45, 7) is 0.0998. The molecule has 0 aliphatic carbocycles. The molecular weight excluding hydrogens is 354 g/mol. The number of nitrogens with zero attached hydrogens (tertiary/aromatic N) is 4. The summed E-state index contributed by atoms with van der Waals surface area (Å²) in [5.41, 5.74) is 5.99. The normalized spacial score (nSPS) is 11.2. The largest absolute Gasteiger partial charge is 0.496 e. The summed E-state index contributed by atoms with van der Waals surface area (Å²) in [4.78, 5) is 26.4. The van der Waals surface area contributed by atoms with Gasteiger partial charge < -0.3 is 15.3 Å². The molecule has 0 fully saturated rings. The average molecular weight is 368 g/mol. The van der Waals surface area contributed by atoms with E-state index < -0.39 is 10.9 Å². The van der Waals surface area contributed by atoms with Crippen LogP contribution in [0.25, 0.3) is 0 Å². The summed E-state index contributed by atoms with van der Waals surface area (Å²) in [6.07, 6.45) is 2.21. The number of carbonyl (C=O) groups is 1. The van der Waals surface area contributed by atoms with Crippen molar-refractivity contribution in [3.8, 4) is 5.75 Å². The molecule has 0 saturated carbocycles. The number of ether oxygens (including phenoxy) is 1. The zero-order valence-corrected chi connectivity index (χ0v) is 13.8. The van der Waals surface area contributed by atoms with Crippen molar-refractivity contribution in [2.24, 2.45) is 10.9 Å². The van der Waals surface area contributed by atoms with Gasteiger partial charge >= 0.3 is 11.7 Å². The number of nitro groups is 1. The van der Waals surface area contributed by atoms with Crippen LogP contribution in [0.3, 0.4) is 0 Å². The first kappa shape index (κ1) is 18.2. The van der Waals surface area contributed by atoms with Gasteiger partial charge in [-0.3, -0.25) is 14.8 Å². The van der Waals surface area contributed by atoms with Crippen LogP contribution in [0.4, 0.5) is 5.69 Å². The van der Waals surface area contributed by atoms with Crippen LogP contribution in [0.2, 0.25) is 5.02 Å². The first-order valence-electron chi connectivity index (χ1n) is 6.94. The Balaban J connectivity index is 1.95. The highest BCUT2D eigenvalue weighted by Crippen LogP contribution is 2.22. The summed E-state index contributed by atoms with van der Waals surface area (Å²) in [7, 11) is 1.45. The van der Waals surface area contributed by atoms with Crippen LogP contribution in [0, 0.1) is 10.1 Å². The van der Waals surface area contributed by atoms with E-state index in [1.54, 1.807) is 12.1 Å². The summed E-state index contributed by atoms with van der Waals surface area (Å²) in [5, 5.41) is 18.3. The second-order valence-corrected chi connectivity index (χ2v) is 5.19. The highest BCUT2D eigenvalue weighted by atomic mass is 35.5. The van der Waals surface area contributed by atoms with E-state index in [4.69, 9.17) is 26.9 Å². The molecule has 132 valence electrons. The van der Waals surface area contributed by atoms with E-state index in [1.807, 2.05) is 0 Å². The van der Waals surface area contributed by atoms with Crippen LogP contribution in [-0.2, 0) is 16.2 Å². The number of rotatable bonds is 7. The Morgan fingerprint density at radius 2 is 2.28 bits per heavy atom. The first-order chi connectivity index (χ1) is 11.9. The van der Waals surface area contributed by atoms with E-state index in [0.717, 1.165) is 6.20 Å². The molecule has 0 unspecified atom stereocenters. The van der Waals surface area contributed by atoms with E-state index >= 15 is 0 Å². The maximum atomic E-state index is 11.7. The Morgan fingerprint density at radius 3 is 2.92 bits per heavy atom. The molecule has 0 aliphatic rings. The average Bonchev–Trinajstić information content (AvgIpc) is 3.07. The minimum absolute atomic E-state index is 0.0811. The number of hydrogen-bond acceptors (Lipinski definition) is 7. The summed E-state index contributed by atoms with van der Waals surface area (Å²) < 4.78 is 6.39. The number of carbonyl (C=O) groups excluding carboxylic acids is 1. The van der Waals surface area contributed by atoms with Crippen molar-refractivity contribution in [1.29, 1.82) is 0 Å². The van der Waals surface area contributed by atoms with Crippen molar-refractivity contribution in [1.82, 2.24) is 9.78 Å². The van der Waals surface area contributed by atoms with Gasteiger partial charge in [-0.2, -0.15) is 5.10 Å². The van der Waals surface area contributed by atoms with Gasteiger partial charge in [0.2, 0.25) is 0 Å². The fraction of sp³-hybridized carbons (Fsp3) is 0.214. The number of nitrogens with two attached hydrogens (primary N) is 1. The molecular formula is C14H14ClN5O5. The third kappa shape index (κ3) is 4.91. The lowest BCUT2D eigenvalue weighted by Crippen LogP contribution is -2.17. The Bertz CT molecular complexity index is 820. The quantitative estimate of drug-likeness (QED) is 0.258. The van der Waals surface area contributed by atoms with Crippen LogP contribution >= 0.6 is 11.6 Å². The number of methoxy groups -OCH3 is 1. The molecule has 1 aromatic heterocycles. The van der Waals surface area contributed by atoms with E-state index in [1.165, 1.54) is 24.1 Å². The fourth-order valence-electron chi connectivity index (χ4n) is 1.85. The SMILES string of the molecule is COc1ccc(Cl)cc1/C(N)=N/OC(=O)CCn1cc([N+](=O)[O-])cn1. The number of aromatic nitrogens is 2.